The van der Waals surface area contributed by atoms with Crippen molar-refractivity contribution in [3.63, 3.8) is 0 Å². The summed E-state index contributed by atoms with van der Waals surface area (Å²) in [5.74, 6) is -0.412. The maximum Gasteiger partial charge on any atom is 0.416 e. The predicted octanol–water partition coefficient (Wildman–Crippen LogP) is 5.49. The van der Waals surface area contributed by atoms with Gasteiger partial charge in [0.15, 0.2) is 0 Å². The molecule has 0 saturated carbocycles. The van der Waals surface area contributed by atoms with E-state index in [0.717, 1.165) is 38.1 Å². The standard InChI is InChI=1S/C25H25F3N4O3/c26-25(27,28)18-10-8-17(9-11-18)23-22(19-6-2-3-7-21(19)32(34)35)20(16-30-23)24(33)29-12-15-31-13-4-1-5-14-31/h2-3,6-11,16,30H,1,4-5,12-15H2,(H,29,33). The Hall–Kier alpha value is -3.66. The molecule has 1 fully saturated rings. The van der Waals surface area contributed by atoms with Gasteiger partial charge in [0.25, 0.3) is 11.6 Å². The third kappa shape index (κ3) is 5.54. The van der Waals surface area contributed by atoms with Gasteiger partial charge in [-0.05, 0) is 49.7 Å². The Morgan fingerprint density at radius 3 is 2.40 bits per heavy atom. The Balaban J connectivity index is 1.69. The Morgan fingerprint density at radius 1 is 1.06 bits per heavy atom. The molecule has 1 saturated heterocycles. The molecule has 2 aromatic carbocycles. The molecule has 0 spiro atoms. The minimum atomic E-state index is -4.49. The maximum absolute atomic E-state index is 13.1. The molecular weight excluding hydrogens is 461 g/mol. The third-order valence-corrected chi connectivity index (χ3v) is 6.16. The summed E-state index contributed by atoms with van der Waals surface area (Å²) in [6, 6.07) is 10.4. The summed E-state index contributed by atoms with van der Waals surface area (Å²) in [4.78, 5) is 29.5. The molecule has 35 heavy (non-hydrogen) atoms. The smallest absolute Gasteiger partial charge is 0.360 e. The molecule has 10 heteroatoms. The first kappa shape index (κ1) is 24.5. The highest BCUT2D eigenvalue weighted by atomic mass is 19.4. The minimum Gasteiger partial charge on any atom is -0.360 e. The zero-order valence-corrected chi connectivity index (χ0v) is 18.9. The normalized spacial score (nSPS) is 14.6. The lowest BCUT2D eigenvalue weighted by molar-refractivity contribution is -0.384. The molecule has 7 nitrogen and oxygen atoms in total. The average molecular weight is 486 g/mol. The number of amides is 1. The van der Waals surface area contributed by atoms with Gasteiger partial charge < -0.3 is 15.2 Å². The van der Waals surface area contributed by atoms with E-state index in [9.17, 15) is 28.1 Å². The van der Waals surface area contributed by atoms with Crippen LogP contribution in [0, 0.1) is 10.1 Å². The van der Waals surface area contributed by atoms with E-state index >= 15 is 0 Å². The second kappa shape index (κ2) is 10.3. The van der Waals surface area contributed by atoms with E-state index < -0.39 is 22.6 Å². The van der Waals surface area contributed by atoms with Crippen LogP contribution < -0.4 is 5.32 Å². The molecular formula is C25H25F3N4O3. The lowest BCUT2D eigenvalue weighted by Crippen LogP contribution is -2.37. The van der Waals surface area contributed by atoms with Crippen LogP contribution in [0.5, 0.6) is 0 Å². The molecule has 4 rings (SSSR count). The summed E-state index contributed by atoms with van der Waals surface area (Å²) < 4.78 is 39.1. The first-order valence-corrected chi connectivity index (χ1v) is 11.4. The van der Waals surface area contributed by atoms with E-state index in [4.69, 9.17) is 0 Å². The van der Waals surface area contributed by atoms with Gasteiger partial charge in [0.1, 0.15) is 0 Å². The number of nitro benzene ring substituents is 1. The van der Waals surface area contributed by atoms with Crippen LogP contribution in [0.2, 0.25) is 0 Å². The fourth-order valence-corrected chi connectivity index (χ4v) is 4.39. The van der Waals surface area contributed by atoms with Crippen molar-refractivity contribution in [3.05, 3.63) is 76.0 Å². The number of carbonyl (C=O) groups excluding carboxylic acids is 1. The largest absolute Gasteiger partial charge is 0.416 e. The zero-order valence-electron chi connectivity index (χ0n) is 18.9. The van der Waals surface area contributed by atoms with Gasteiger partial charge in [0, 0.05) is 30.9 Å². The first-order chi connectivity index (χ1) is 16.8. The van der Waals surface area contributed by atoms with Crippen molar-refractivity contribution in [2.24, 2.45) is 0 Å². The predicted molar refractivity (Wildman–Crippen MR) is 126 cm³/mol. The number of alkyl halides is 3. The Labute approximate surface area is 200 Å². The lowest BCUT2D eigenvalue weighted by Gasteiger charge is -2.26. The van der Waals surface area contributed by atoms with Crippen molar-refractivity contribution in [1.82, 2.24) is 15.2 Å². The highest BCUT2D eigenvalue weighted by molar-refractivity contribution is 6.05. The highest BCUT2D eigenvalue weighted by Gasteiger charge is 2.31. The number of likely N-dealkylation sites (tertiary alicyclic amines) is 1. The number of hydrogen-bond acceptors (Lipinski definition) is 4. The van der Waals surface area contributed by atoms with Crippen molar-refractivity contribution >= 4 is 11.6 Å². The molecule has 0 unspecified atom stereocenters. The number of rotatable bonds is 7. The number of nitrogens with zero attached hydrogens (tertiary/aromatic N) is 2. The van der Waals surface area contributed by atoms with E-state index in [-0.39, 0.29) is 22.4 Å². The number of benzene rings is 2. The molecule has 184 valence electrons. The molecule has 1 aliphatic rings. The number of nitro groups is 1. The number of para-hydroxylation sites is 1. The molecule has 3 aromatic rings. The molecule has 1 aliphatic heterocycles. The Morgan fingerprint density at radius 2 is 1.74 bits per heavy atom. The SMILES string of the molecule is O=C(NCCN1CCCCC1)c1c[nH]c(-c2ccc(C(F)(F)F)cc2)c1-c1ccccc1[N+](=O)[O-]. The fourth-order valence-electron chi connectivity index (χ4n) is 4.39. The van der Waals surface area contributed by atoms with Crippen LogP contribution in [-0.4, -0.2) is 46.9 Å². The van der Waals surface area contributed by atoms with Crippen LogP contribution >= 0.6 is 0 Å². The maximum atomic E-state index is 13.1. The van der Waals surface area contributed by atoms with E-state index in [1.165, 1.54) is 42.9 Å². The van der Waals surface area contributed by atoms with Gasteiger partial charge in [0.05, 0.1) is 27.3 Å². The van der Waals surface area contributed by atoms with E-state index in [0.29, 0.717) is 24.3 Å². The summed E-state index contributed by atoms with van der Waals surface area (Å²) in [6.07, 6.45) is 0.413. The number of carbonyl (C=O) groups is 1. The summed E-state index contributed by atoms with van der Waals surface area (Å²) in [6.45, 7) is 3.08. The van der Waals surface area contributed by atoms with Crippen molar-refractivity contribution in [2.45, 2.75) is 25.4 Å². The van der Waals surface area contributed by atoms with Crippen molar-refractivity contribution in [3.8, 4) is 22.4 Å². The number of aromatic amines is 1. The van der Waals surface area contributed by atoms with Crippen LogP contribution in [0.4, 0.5) is 18.9 Å². The van der Waals surface area contributed by atoms with Gasteiger partial charge in [-0.25, -0.2) is 0 Å². The van der Waals surface area contributed by atoms with Gasteiger partial charge in [-0.2, -0.15) is 13.2 Å². The molecule has 1 amide bonds. The van der Waals surface area contributed by atoms with E-state index in [1.807, 2.05) is 0 Å². The van der Waals surface area contributed by atoms with Gasteiger partial charge in [0.2, 0.25) is 0 Å². The van der Waals surface area contributed by atoms with Crippen molar-refractivity contribution < 1.29 is 22.9 Å². The first-order valence-electron chi connectivity index (χ1n) is 11.4. The van der Waals surface area contributed by atoms with E-state index in [1.54, 1.807) is 6.07 Å². The summed E-state index contributed by atoms with van der Waals surface area (Å²) in [5.41, 5.74) is 0.348. The highest BCUT2D eigenvalue weighted by Crippen LogP contribution is 2.40. The number of piperidine rings is 1. The van der Waals surface area contributed by atoms with Crippen molar-refractivity contribution in [1.29, 1.82) is 0 Å². The van der Waals surface area contributed by atoms with Crippen LogP contribution in [0.3, 0.4) is 0 Å². The number of aromatic nitrogens is 1. The molecule has 2 heterocycles. The Bertz CT molecular complexity index is 1200. The van der Waals surface area contributed by atoms with E-state index in [2.05, 4.69) is 15.2 Å². The quantitative estimate of drug-likeness (QED) is 0.341. The molecule has 2 N–H and O–H groups in total. The molecule has 0 radical (unpaired) electrons. The fraction of sp³-hybridized carbons (Fsp3) is 0.320. The van der Waals surface area contributed by atoms with Crippen LogP contribution in [-0.2, 0) is 6.18 Å². The average Bonchev–Trinajstić information content (AvgIpc) is 3.29. The topological polar surface area (TPSA) is 91.3 Å². The second-order valence-corrected chi connectivity index (χ2v) is 8.46. The third-order valence-electron chi connectivity index (χ3n) is 6.16. The number of nitrogens with one attached hydrogen (secondary N) is 2. The molecule has 0 aliphatic carbocycles. The molecule has 0 atom stereocenters. The molecule has 0 bridgehead atoms. The van der Waals surface area contributed by atoms with Gasteiger partial charge in [-0.1, -0.05) is 30.7 Å². The van der Waals surface area contributed by atoms with Crippen LogP contribution in [0.1, 0.15) is 35.2 Å². The summed E-state index contributed by atoms with van der Waals surface area (Å²) >= 11 is 0. The van der Waals surface area contributed by atoms with Crippen LogP contribution in [0.25, 0.3) is 22.4 Å². The van der Waals surface area contributed by atoms with Gasteiger partial charge in [-0.3, -0.25) is 14.9 Å². The zero-order chi connectivity index (χ0) is 25.0. The number of H-pyrrole nitrogens is 1. The van der Waals surface area contributed by atoms with Crippen LogP contribution in [0.15, 0.2) is 54.7 Å². The summed E-state index contributed by atoms with van der Waals surface area (Å²) in [5, 5.41) is 14.6. The summed E-state index contributed by atoms with van der Waals surface area (Å²) in [7, 11) is 0. The number of halogens is 3. The van der Waals surface area contributed by atoms with Gasteiger partial charge in [-0.15, -0.1) is 0 Å². The lowest BCUT2D eigenvalue weighted by atomic mass is 9.95. The Kier molecular flexibility index (Phi) is 7.20. The monoisotopic (exact) mass is 486 g/mol. The van der Waals surface area contributed by atoms with Crippen molar-refractivity contribution in [2.75, 3.05) is 26.2 Å². The van der Waals surface area contributed by atoms with Gasteiger partial charge >= 0.3 is 6.18 Å². The molecule has 1 aromatic heterocycles. The second-order valence-electron chi connectivity index (χ2n) is 8.46. The number of hydrogen-bond donors (Lipinski definition) is 2. The minimum absolute atomic E-state index is 0.188.